The molecule has 1 heterocycles. The molecule has 13 heavy (non-hydrogen) atoms. The summed E-state index contributed by atoms with van der Waals surface area (Å²) in [4.78, 5) is 0. The second-order valence-electron chi connectivity index (χ2n) is 2.92. The minimum absolute atomic E-state index is 0.0355. The van der Waals surface area contributed by atoms with E-state index in [-0.39, 0.29) is 6.10 Å². The Kier molecular flexibility index (Phi) is 2.11. The van der Waals surface area contributed by atoms with Gasteiger partial charge in [-0.15, -0.1) is 0 Å². The molecule has 0 fully saturated rings. The van der Waals surface area contributed by atoms with Gasteiger partial charge >= 0.3 is 0 Å². The van der Waals surface area contributed by atoms with E-state index in [1.54, 1.807) is 6.07 Å². The first-order valence-corrected chi connectivity index (χ1v) is 4.18. The SMILES string of the molecule is N#Cc1cccc(C2C=CCO2)c1. The molecule has 1 aliphatic rings. The maximum atomic E-state index is 8.70. The van der Waals surface area contributed by atoms with E-state index in [4.69, 9.17) is 10.00 Å². The van der Waals surface area contributed by atoms with E-state index in [9.17, 15) is 0 Å². The number of hydrogen-bond donors (Lipinski definition) is 0. The summed E-state index contributed by atoms with van der Waals surface area (Å²) < 4.78 is 5.42. The van der Waals surface area contributed by atoms with Crippen LogP contribution >= 0.6 is 0 Å². The van der Waals surface area contributed by atoms with Gasteiger partial charge < -0.3 is 4.74 Å². The van der Waals surface area contributed by atoms with E-state index >= 15 is 0 Å². The normalized spacial score (nSPS) is 20.1. The van der Waals surface area contributed by atoms with Crippen molar-refractivity contribution in [2.24, 2.45) is 0 Å². The molecule has 64 valence electrons. The van der Waals surface area contributed by atoms with Crippen LogP contribution in [0.1, 0.15) is 17.2 Å². The van der Waals surface area contributed by atoms with Crippen LogP contribution in [0.15, 0.2) is 36.4 Å². The number of nitrogens with zero attached hydrogens (tertiary/aromatic N) is 1. The Morgan fingerprint density at radius 2 is 2.38 bits per heavy atom. The molecule has 0 aliphatic carbocycles. The van der Waals surface area contributed by atoms with Crippen LogP contribution in [0.4, 0.5) is 0 Å². The average Bonchev–Trinajstić information content (AvgIpc) is 2.71. The van der Waals surface area contributed by atoms with E-state index < -0.39 is 0 Å². The minimum Gasteiger partial charge on any atom is -0.365 e. The second kappa shape index (κ2) is 3.42. The van der Waals surface area contributed by atoms with Gasteiger partial charge in [0.25, 0.3) is 0 Å². The van der Waals surface area contributed by atoms with Crippen molar-refractivity contribution >= 4 is 0 Å². The molecular formula is C11H9NO. The van der Waals surface area contributed by atoms with Gasteiger partial charge in [-0.2, -0.15) is 5.26 Å². The van der Waals surface area contributed by atoms with Crippen molar-refractivity contribution in [1.82, 2.24) is 0 Å². The summed E-state index contributed by atoms with van der Waals surface area (Å²) >= 11 is 0. The van der Waals surface area contributed by atoms with Crippen molar-refractivity contribution in [1.29, 1.82) is 5.26 Å². The van der Waals surface area contributed by atoms with Crippen LogP contribution in [-0.4, -0.2) is 6.61 Å². The highest BCUT2D eigenvalue weighted by Gasteiger charge is 2.11. The zero-order valence-electron chi connectivity index (χ0n) is 7.10. The Bertz CT molecular complexity index is 376. The van der Waals surface area contributed by atoms with Gasteiger partial charge in [0.15, 0.2) is 0 Å². The van der Waals surface area contributed by atoms with E-state index in [2.05, 4.69) is 6.07 Å². The van der Waals surface area contributed by atoms with Crippen LogP contribution in [0.2, 0.25) is 0 Å². The third kappa shape index (κ3) is 1.61. The summed E-state index contributed by atoms with van der Waals surface area (Å²) in [5, 5.41) is 8.70. The van der Waals surface area contributed by atoms with Gasteiger partial charge in [-0.25, -0.2) is 0 Å². The van der Waals surface area contributed by atoms with Gasteiger partial charge in [0.05, 0.1) is 18.2 Å². The van der Waals surface area contributed by atoms with Crippen LogP contribution in [0.5, 0.6) is 0 Å². The molecule has 2 nitrogen and oxygen atoms in total. The Morgan fingerprint density at radius 1 is 1.46 bits per heavy atom. The van der Waals surface area contributed by atoms with Crippen LogP contribution in [0.3, 0.4) is 0 Å². The number of nitriles is 1. The molecular weight excluding hydrogens is 162 g/mol. The molecule has 0 bridgehead atoms. The van der Waals surface area contributed by atoms with Gasteiger partial charge in [0.1, 0.15) is 6.10 Å². The zero-order valence-corrected chi connectivity index (χ0v) is 7.10. The summed E-state index contributed by atoms with van der Waals surface area (Å²) in [7, 11) is 0. The Balaban J connectivity index is 2.30. The quantitative estimate of drug-likeness (QED) is 0.607. The molecule has 1 aromatic rings. The van der Waals surface area contributed by atoms with Crippen molar-refractivity contribution in [3.05, 3.63) is 47.5 Å². The third-order valence-electron chi connectivity index (χ3n) is 2.03. The lowest BCUT2D eigenvalue weighted by atomic mass is 10.1. The summed E-state index contributed by atoms with van der Waals surface area (Å²) in [5.74, 6) is 0. The maximum Gasteiger partial charge on any atom is 0.101 e. The smallest absolute Gasteiger partial charge is 0.101 e. The molecule has 0 saturated heterocycles. The predicted octanol–water partition coefficient (Wildman–Crippen LogP) is 2.19. The Labute approximate surface area is 77.1 Å². The number of hydrogen-bond acceptors (Lipinski definition) is 2. The summed E-state index contributed by atoms with van der Waals surface area (Å²) in [6, 6.07) is 9.62. The summed E-state index contributed by atoms with van der Waals surface area (Å²) in [5.41, 5.74) is 1.73. The van der Waals surface area contributed by atoms with Crippen LogP contribution in [0, 0.1) is 11.3 Å². The fourth-order valence-corrected chi connectivity index (χ4v) is 1.39. The lowest BCUT2D eigenvalue weighted by Crippen LogP contribution is -1.95. The Morgan fingerprint density at radius 3 is 3.08 bits per heavy atom. The molecule has 1 aliphatic heterocycles. The van der Waals surface area contributed by atoms with E-state index in [1.807, 2.05) is 30.4 Å². The first-order chi connectivity index (χ1) is 6.40. The molecule has 0 N–H and O–H groups in total. The fraction of sp³-hybridized carbons (Fsp3) is 0.182. The van der Waals surface area contributed by atoms with Crippen molar-refractivity contribution < 1.29 is 4.74 Å². The van der Waals surface area contributed by atoms with E-state index in [1.165, 1.54) is 0 Å². The van der Waals surface area contributed by atoms with Crippen LogP contribution in [0.25, 0.3) is 0 Å². The van der Waals surface area contributed by atoms with Gasteiger partial charge in [0.2, 0.25) is 0 Å². The number of rotatable bonds is 1. The molecule has 2 heteroatoms. The highest BCUT2D eigenvalue weighted by atomic mass is 16.5. The molecule has 1 unspecified atom stereocenters. The van der Waals surface area contributed by atoms with E-state index in [0.717, 1.165) is 5.56 Å². The largest absolute Gasteiger partial charge is 0.365 e. The van der Waals surface area contributed by atoms with Gasteiger partial charge in [0, 0.05) is 0 Å². The molecule has 0 amide bonds. The Hall–Kier alpha value is -1.59. The van der Waals surface area contributed by atoms with E-state index in [0.29, 0.717) is 12.2 Å². The standard InChI is InChI=1S/C11H9NO/c12-8-9-3-1-4-10(7-9)11-5-2-6-13-11/h1-5,7,11H,6H2. The van der Waals surface area contributed by atoms with Crippen molar-refractivity contribution in [3.8, 4) is 6.07 Å². The first kappa shape index (κ1) is 8.03. The minimum atomic E-state index is 0.0355. The molecule has 0 saturated carbocycles. The van der Waals surface area contributed by atoms with Crippen molar-refractivity contribution in [3.63, 3.8) is 0 Å². The third-order valence-corrected chi connectivity index (χ3v) is 2.03. The van der Waals surface area contributed by atoms with Gasteiger partial charge in [-0.05, 0) is 17.7 Å². The molecule has 1 aromatic carbocycles. The summed E-state index contributed by atoms with van der Waals surface area (Å²) in [6.45, 7) is 0.668. The van der Waals surface area contributed by atoms with Crippen LogP contribution < -0.4 is 0 Å². The molecule has 0 aromatic heterocycles. The highest BCUT2D eigenvalue weighted by Crippen LogP contribution is 2.23. The fourth-order valence-electron chi connectivity index (χ4n) is 1.39. The van der Waals surface area contributed by atoms with Crippen molar-refractivity contribution in [2.45, 2.75) is 6.10 Å². The monoisotopic (exact) mass is 171 g/mol. The average molecular weight is 171 g/mol. The molecule has 2 rings (SSSR count). The zero-order chi connectivity index (χ0) is 9.10. The predicted molar refractivity (Wildman–Crippen MR) is 49.0 cm³/mol. The number of ether oxygens (including phenoxy) is 1. The molecule has 0 radical (unpaired) electrons. The van der Waals surface area contributed by atoms with Gasteiger partial charge in [-0.1, -0.05) is 24.3 Å². The first-order valence-electron chi connectivity index (χ1n) is 4.18. The lowest BCUT2D eigenvalue weighted by molar-refractivity contribution is 0.129. The number of benzene rings is 1. The maximum absolute atomic E-state index is 8.70. The van der Waals surface area contributed by atoms with Crippen molar-refractivity contribution in [2.75, 3.05) is 6.61 Å². The van der Waals surface area contributed by atoms with Crippen LogP contribution in [-0.2, 0) is 4.74 Å². The summed E-state index contributed by atoms with van der Waals surface area (Å²) in [6.07, 6.45) is 4.04. The molecule has 1 atom stereocenters. The van der Waals surface area contributed by atoms with Gasteiger partial charge in [-0.3, -0.25) is 0 Å². The lowest BCUT2D eigenvalue weighted by Gasteiger charge is -2.07. The molecule has 0 spiro atoms. The second-order valence-corrected chi connectivity index (χ2v) is 2.92. The topological polar surface area (TPSA) is 33.0 Å². The highest BCUT2D eigenvalue weighted by molar-refractivity contribution is 5.35.